The van der Waals surface area contributed by atoms with Crippen LogP contribution in [0.3, 0.4) is 0 Å². The highest BCUT2D eigenvalue weighted by molar-refractivity contribution is 5.80. The zero-order chi connectivity index (χ0) is 54.4. The maximum atomic E-state index is 12.6. The summed E-state index contributed by atoms with van der Waals surface area (Å²) in [6.45, 7) is 4.08. The van der Waals surface area contributed by atoms with Crippen LogP contribution >= 0.6 is 0 Å². The second-order valence-corrected chi connectivity index (χ2v) is 23.1. The van der Waals surface area contributed by atoms with Crippen molar-refractivity contribution in [3.63, 3.8) is 0 Å². The van der Waals surface area contributed by atoms with E-state index in [1.165, 1.54) is 270 Å². The molecule has 0 saturated carbocycles. The van der Waals surface area contributed by atoms with Crippen molar-refractivity contribution >= 4 is 5.91 Å². The Labute approximate surface area is 468 Å². The van der Waals surface area contributed by atoms with Crippen LogP contribution in [0.1, 0.15) is 354 Å². The minimum Gasteiger partial charge on any atom is -0.394 e. The molecule has 4 atom stereocenters. The first-order valence-corrected chi connectivity index (χ1v) is 33.5. The zero-order valence-electron chi connectivity index (χ0n) is 50.3. The van der Waals surface area contributed by atoms with Gasteiger partial charge in [0.05, 0.1) is 18.8 Å². The van der Waals surface area contributed by atoms with Gasteiger partial charge in [-0.1, -0.05) is 313 Å². The van der Waals surface area contributed by atoms with Gasteiger partial charge in [0.1, 0.15) is 12.2 Å². The predicted octanol–water partition coefficient (Wildman–Crippen LogP) is 20.5. The summed E-state index contributed by atoms with van der Waals surface area (Å²) in [7, 11) is 0. The molecule has 0 spiro atoms. The van der Waals surface area contributed by atoms with Crippen LogP contribution in [0.2, 0.25) is 0 Å². The van der Waals surface area contributed by atoms with E-state index in [1.54, 1.807) is 0 Å². The smallest absolute Gasteiger partial charge is 0.249 e. The summed E-state index contributed by atoms with van der Waals surface area (Å²) in [5, 5.41) is 44.1. The molecule has 4 unspecified atom stereocenters. The SMILES string of the molecule is CCCCCCCCCCCCCC/C=C\CCCCCCCCCCCCCCCCCCC(O)C(=O)NC(CO)C(O)C(O)CCC/C=C/CC/C=C/CC/C=C/CCCCCCCCCCCCCCCC. The molecule has 0 saturated heterocycles. The molecular formula is C69H131NO5. The lowest BCUT2D eigenvalue weighted by Gasteiger charge is -2.27. The summed E-state index contributed by atoms with van der Waals surface area (Å²) in [4.78, 5) is 12.6. The number of allylic oxidation sites excluding steroid dienone is 8. The number of nitrogens with one attached hydrogen (secondary N) is 1. The van der Waals surface area contributed by atoms with E-state index in [0.717, 1.165) is 51.4 Å². The van der Waals surface area contributed by atoms with Crippen molar-refractivity contribution in [2.45, 2.75) is 379 Å². The van der Waals surface area contributed by atoms with E-state index in [9.17, 15) is 25.2 Å². The first kappa shape index (κ1) is 73.3. The van der Waals surface area contributed by atoms with Gasteiger partial charge >= 0.3 is 0 Å². The molecule has 0 radical (unpaired) electrons. The lowest BCUT2D eigenvalue weighted by atomic mass is 10.00. The molecule has 0 aliphatic carbocycles. The van der Waals surface area contributed by atoms with Crippen molar-refractivity contribution in [3.8, 4) is 0 Å². The van der Waals surface area contributed by atoms with Crippen LogP contribution in [0.5, 0.6) is 0 Å². The number of aliphatic hydroxyl groups excluding tert-OH is 4. The average molecular weight is 1050 g/mol. The average Bonchev–Trinajstić information content (AvgIpc) is 3.42. The van der Waals surface area contributed by atoms with Crippen LogP contribution in [-0.2, 0) is 4.79 Å². The van der Waals surface area contributed by atoms with Crippen LogP contribution < -0.4 is 5.32 Å². The summed E-state index contributed by atoms with van der Waals surface area (Å²) in [5.74, 6) is -0.595. The Hall–Kier alpha value is -1.73. The van der Waals surface area contributed by atoms with E-state index in [-0.39, 0.29) is 0 Å². The lowest BCUT2D eigenvalue weighted by Crippen LogP contribution is -2.53. The van der Waals surface area contributed by atoms with Crippen LogP contribution in [-0.4, -0.2) is 57.3 Å². The van der Waals surface area contributed by atoms with Gasteiger partial charge in [0, 0.05) is 0 Å². The molecule has 6 heteroatoms. The third-order valence-electron chi connectivity index (χ3n) is 15.7. The molecular weight excluding hydrogens is 923 g/mol. The van der Waals surface area contributed by atoms with Gasteiger partial charge in [0.15, 0.2) is 0 Å². The molecule has 1 amide bonds. The van der Waals surface area contributed by atoms with Crippen molar-refractivity contribution in [1.29, 1.82) is 0 Å². The van der Waals surface area contributed by atoms with Crippen molar-refractivity contribution in [2.24, 2.45) is 0 Å². The van der Waals surface area contributed by atoms with Gasteiger partial charge in [-0.3, -0.25) is 4.79 Å². The molecule has 0 aromatic carbocycles. The molecule has 0 fully saturated rings. The van der Waals surface area contributed by atoms with Crippen molar-refractivity contribution in [2.75, 3.05) is 6.61 Å². The minimum atomic E-state index is -1.30. The van der Waals surface area contributed by atoms with Gasteiger partial charge in [-0.25, -0.2) is 0 Å². The number of amides is 1. The molecule has 0 aliphatic rings. The maximum absolute atomic E-state index is 12.6. The van der Waals surface area contributed by atoms with E-state index in [2.05, 4.69) is 67.8 Å². The fourth-order valence-corrected chi connectivity index (χ4v) is 10.5. The van der Waals surface area contributed by atoms with Gasteiger partial charge in [-0.2, -0.15) is 0 Å². The van der Waals surface area contributed by atoms with Crippen LogP contribution in [0.4, 0.5) is 0 Å². The van der Waals surface area contributed by atoms with Crippen LogP contribution in [0.25, 0.3) is 0 Å². The van der Waals surface area contributed by atoms with Gasteiger partial charge in [0.25, 0.3) is 0 Å². The number of unbranched alkanes of at least 4 members (excludes halogenated alkanes) is 45. The molecule has 75 heavy (non-hydrogen) atoms. The van der Waals surface area contributed by atoms with Gasteiger partial charge < -0.3 is 25.7 Å². The standard InChI is InChI=1S/C69H131NO5/c1-3-5-7-9-11-13-15-17-19-21-23-25-27-29-31-32-33-34-35-37-39-41-43-45-47-49-51-53-55-57-59-61-63-67(73)69(75)70-65(64-71)68(74)66(72)62-60-58-56-54-52-50-48-46-44-42-40-38-36-30-28-26-24-22-20-18-16-14-12-10-8-6-4-2/h29,31,38,40,46,48,54,56,65-68,71-74H,3-28,30,32-37,39,41-45,47,49-53,55,57-64H2,1-2H3,(H,70,75)/b31-29-,40-38+,48-46+,56-54+. The Morgan fingerprint density at radius 3 is 0.840 bits per heavy atom. The quantitative estimate of drug-likeness (QED) is 0.0308. The number of hydrogen-bond donors (Lipinski definition) is 5. The molecule has 0 aromatic heterocycles. The highest BCUT2D eigenvalue weighted by atomic mass is 16.3. The van der Waals surface area contributed by atoms with E-state index < -0.39 is 36.9 Å². The van der Waals surface area contributed by atoms with Crippen molar-refractivity contribution in [1.82, 2.24) is 5.32 Å². The lowest BCUT2D eigenvalue weighted by molar-refractivity contribution is -0.132. The Morgan fingerprint density at radius 1 is 0.320 bits per heavy atom. The second-order valence-electron chi connectivity index (χ2n) is 23.1. The molecule has 0 aliphatic heterocycles. The van der Waals surface area contributed by atoms with Crippen molar-refractivity contribution in [3.05, 3.63) is 48.6 Å². The van der Waals surface area contributed by atoms with E-state index in [4.69, 9.17) is 0 Å². The fourth-order valence-electron chi connectivity index (χ4n) is 10.5. The molecule has 0 bridgehead atoms. The molecule has 0 rings (SSSR count). The van der Waals surface area contributed by atoms with Gasteiger partial charge in [-0.15, -0.1) is 0 Å². The third-order valence-corrected chi connectivity index (χ3v) is 15.7. The van der Waals surface area contributed by atoms with Gasteiger partial charge in [-0.05, 0) is 89.9 Å². The van der Waals surface area contributed by atoms with Crippen molar-refractivity contribution < 1.29 is 25.2 Å². The number of rotatable bonds is 62. The highest BCUT2D eigenvalue weighted by Crippen LogP contribution is 2.18. The third kappa shape index (κ3) is 56.8. The van der Waals surface area contributed by atoms with E-state index in [0.29, 0.717) is 19.3 Å². The summed E-state index contributed by atoms with van der Waals surface area (Å²) in [6, 6.07) is -1.01. The first-order chi connectivity index (χ1) is 37.0. The molecule has 0 heterocycles. The summed E-state index contributed by atoms with van der Waals surface area (Å²) < 4.78 is 0. The largest absolute Gasteiger partial charge is 0.394 e. The first-order valence-electron chi connectivity index (χ1n) is 33.5. The number of carbonyl (C=O) groups excluding carboxylic acids is 1. The Morgan fingerprint density at radius 2 is 0.560 bits per heavy atom. The number of aliphatic hydroxyl groups is 4. The summed E-state index contributed by atoms with van der Waals surface area (Å²) in [5.41, 5.74) is 0. The Kier molecular flexibility index (Phi) is 61.6. The molecule has 5 N–H and O–H groups in total. The minimum absolute atomic E-state index is 0.360. The Bertz CT molecular complexity index is 1230. The maximum Gasteiger partial charge on any atom is 0.249 e. The van der Waals surface area contributed by atoms with E-state index >= 15 is 0 Å². The van der Waals surface area contributed by atoms with E-state index in [1.807, 2.05) is 0 Å². The highest BCUT2D eigenvalue weighted by Gasteiger charge is 2.28. The molecule has 442 valence electrons. The topological polar surface area (TPSA) is 110 Å². The Balaban J connectivity index is 3.62. The molecule has 0 aromatic rings. The number of carbonyl (C=O) groups is 1. The van der Waals surface area contributed by atoms with Crippen LogP contribution in [0.15, 0.2) is 48.6 Å². The summed E-state index contributed by atoms with van der Waals surface area (Å²) >= 11 is 0. The molecule has 6 nitrogen and oxygen atoms in total. The summed E-state index contributed by atoms with van der Waals surface area (Å²) in [6.07, 6.45) is 82.3. The van der Waals surface area contributed by atoms with Gasteiger partial charge in [0.2, 0.25) is 5.91 Å². The zero-order valence-corrected chi connectivity index (χ0v) is 50.3. The van der Waals surface area contributed by atoms with Crippen LogP contribution in [0, 0.1) is 0 Å². The monoisotopic (exact) mass is 1050 g/mol. The second kappa shape index (κ2) is 63.1. The fraction of sp³-hybridized carbons (Fsp3) is 0.870. The predicted molar refractivity (Wildman–Crippen MR) is 330 cm³/mol. The number of hydrogen-bond acceptors (Lipinski definition) is 5. The normalized spacial score (nSPS) is 13.8.